The highest BCUT2D eigenvalue weighted by Gasteiger charge is 2.13. The molecule has 5 nitrogen and oxygen atoms in total. The summed E-state index contributed by atoms with van der Waals surface area (Å²) in [6.07, 6.45) is 1.57. The third kappa shape index (κ3) is 6.41. The smallest absolute Gasteiger partial charge is 0.288 e. The molecule has 8 heteroatoms. The molecule has 0 fully saturated rings. The quantitative estimate of drug-likeness (QED) is 0.447. The van der Waals surface area contributed by atoms with Gasteiger partial charge in [-0.15, -0.1) is 6.58 Å². The lowest BCUT2D eigenvalue weighted by Crippen LogP contribution is -2.26. The van der Waals surface area contributed by atoms with Crippen LogP contribution < -0.4 is 16.0 Å². The van der Waals surface area contributed by atoms with Gasteiger partial charge in [0.15, 0.2) is 0 Å². The van der Waals surface area contributed by atoms with Crippen molar-refractivity contribution in [1.82, 2.24) is 5.32 Å². The van der Waals surface area contributed by atoms with Gasteiger partial charge in [0, 0.05) is 17.1 Å². The van der Waals surface area contributed by atoms with Crippen molar-refractivity contribution in [3.05, 3.63) is 66.7 Å². The van der Waals surface area contributed by atoms with Crippen LogP contribution in [0.3, 0.4) is 0 Å². The van der Waals surface area contributed by atoms with Crippen LogP contribution in [0.5, 0.6) is 0 Å². The standard InChI is InChI=1S/C19H19F2N3O2S/c1-2-11-22-18(26)13-7-3-4-8-14(13)23-12-17(25)24-15-9-5-6-10-16(15)27-19(20)21/h2-10,19,23H,1,11-12H2,(H,22,26)(H,24,25). The van der Waals surface area contributed by atoms with Crippen molar-refractivity contribution < 1.29 is 18.4 Å². The van der Waals surface area contributed by atoms with Crippen molar-refractivity contribution in [1.29, 1.82) is 0 Å². The molecular weight excluding hydrogens is 372 g/mol. The predicted molar refractivity (Wildman–Crippen MR) is 104 cm³/mol. The molecule has 0 saturated carbocycles. The Labute approximate surface area is 160 Å². The van der Waals surface area contributed by atoms with Crippen LogP contribution in [0.25, 0.3) is 0 Å². The Morgan fingerprint density at radius 2 is 1.74 bits per heavy atom. The number of thioether (sulfide) groups is 1. The summed E-state index contributed by atoms with van der Waals surface area (Å²) < 4.78 is 25.2. The number of benzene rings is 2. The average molecular weight is 391 g/mol. The topological polar surface area (TPSA) is 70.2 Å². The summed E-state index contributed by atoms with van der Waals surface area (Å²) >= 11 is 0.366. The fourth-order valence-corrected chi connectivity index (χ4v) is 2.83. The van der Waals surface area contributed by atoms with E-state index in [9.17, 15) is 18.4 Å². The average Bonchev–Trinajstić information content (AvgIpc) is 2.66. The molecule has 2 aromatic carbocycles. The molecular formula is C19H19F2N3O2S. The van der Waals surface area contributed by atoms with Crippen molar-refractivity contribution >= 4 is 35.0 Å². The maximum absolute atomic E-state index is 12.6. The molecule has 0 aliphatic rings. The number of carbonyl (C=O) groups is 2. The summed E-state index contributed by atoms with van der Waals surface area (Å²) in [7, 11) is 0. The second-order valence-corrected chi connectivity index (χ2v) is 6.35. The molecule has 3 N–H and O–H groups in total. The third-order valence-corrected chi connectivity index (χ3v) is 4.18. The third-order valence-electron chi connectivity index (χ3n) is 3.40. The number of rotatable bonds is 9. The van der Waals surface area contributed by atoms with E-state index in [4.69, 9.17) is 0 Å². The highest BCUT2D eigenvalue weighted by molar-refractivity contribution is 7.99. The lowest BCUT2D eigenvalue weighted by Gasteiger charge is -2.13. The minimum absolute atomic E-state index is 0.126. The number of amides is 2. The van der Waals surface area contributed by atoms with Gasteiger partial charge in [-0.05, 0) is 24.3 Å². The minimum Gasteiger partial charge on any atom is -0.376 e. The number of para-hydroxylation sites is 2. The zero-order chi connectivity index (χ0) is 19.6. The summed E-state index contributed by atoms with van der Waals surface area (Å²) in [4.78, 5) is 24.6. The minimum atomic E-state index is -2.58. The molecule has 2 rings (SSSR count). The number of alkyl halides is 2. The summed E-state index contributed by atoms with van der Waals surface area (Å²) in [5.41, 5.74) is 1.19. The van der Waals surface area contributed by atoms with E-state index in [0.717, 1.165) is 0 Å². The Morgan fingerprint density at radius 1 is 1.07 bits per heavy atom. The molecule has 2 aromatic rings. The van der Waals surface area contributed by atoms with Gasteiger partial charge in [-0.1, -0.05) is 42.1 Å². The van der Waals surface area contributed by atoms with Crippen LogP contribution in [0.1, 0.15) is 10.4 Å². The molecule has 0 atom stereocenters. The summed E-state index contributed by atoms with van der Waals surface area (Å²) in [5.74, 6) is -3.29. The van der Waals surface area contributed by atoms with Crippen LogP contribution in [-0.4, -0.2) is 30.7 Å². The van der Waals surface area contributed by atoms with E-state index >= 15 is 0 Å². The molecule has 2 amide bonds. The first-order valence-corrected chi connectivity index (χ1v) is 8.95. The Hall–Kier alpha value is -2.87. The Bertz CT molecular complexity index is 815. The first-order valence-electron chi connectivity index (χ1n) is 8.07. The van der Waals surface area contributed by atoms with Gasteiger partial charge in [0.1, 0.15) is 0 Å². The van der Waals surface area contributed by atoms with Crippen LogP contribution in [0.15, 0.2) is 66.1 Å². The van der Waals surface area contributed by atoms with Crippen molar-refractivity contribution in [3.8, 4) is 0 Å². The van der Waals surface area contributed by atoms with Crippen LogP contribution in [0.2, 0.25) is 0 Å². The van der Waals surface area contributed by atoms with Crippen molar-refractivity contribution in [2.45, 2.75) is 10.7 Å². The Balaban J connectivity index is 2.01. The number of anilines is 2. The second-order valence-electron chi connectivity index (χ2n) is 5.32. The molecule has 0 aliphatic carbocycles. The summed E-state index contributed by atoms with van der Waals surface area (Å²) in [6.45, 7) is 3.74. The zero-order valence-corrected chi connectivity index (χ0v) is 15.2. The monoisotopic (exact) mass is 391 g/mol. The van der Waals surface area contributed by atoms with E-state index < -0.39 is 11.7 Å². The fraction of sp³-hybridized carbons (Fsp3) is 0.158. The highest BCUT2D eigenvalue weighted by atomic mass is 32.2. The molecule has 0 unspecified atom stereocenters. The van der Waals surface area contributed by atoms with E-state index in [0.29, 0.717) is 35.2 Å². The van der Waals surface area contributed by atoms with Gasteiger partial charge >= 0.3 is 0 Å². The van der Waals surface area contributed by atoms with Crippen molar-refractivity contribution in [2.24, 2.45) is 0 Å². The van der Waals surface area contributed by atoms with Crippen LogP contribution in [0, 0.1) is 0 Å². The van der Waals surface area contributed by atoms with Crippen LogP contribution in [-0.2, 0) is 4.79 Å². The second kappa shape index (κ2) is 10.3. The van der Waals surface area contributed by atoms with E-state index in [2.05, 4.69) is 22.5 Å². The molecule has 0 spiro atoms. The largest absolute Gasteiger partial charge is 0.376 e. The lowest BCUT2D eigenvalue weighted by atomic mass is 10.1. The molecule has 0 saturated heterocycles. The number of hydrogen-bond acceptors (Lipinski definition) is 4. The van der Waals surface area contributed by atoms with Gasteiger partial charge < -0.3 is 16.0 Å². The van der Waals surface area contributed by atoms with Crippen LogP contribution in [0.4, 0.5) is 20.2 Å². The first kappa shape index (κ1) is 20.4. The number of carbonyl (C=O) groups excluding carboxylic acids is 2. The molecule has 0 radical (unpaired) electrons. The first-order chi connectivity index (χ1) is 13.0. The Kier molecular flexibility index (Phi) is 7.81. The normalized spacial score (nSPS) is 10.3. The maximum atomic E-state index is 12.6. The van der Waals surface area contributed by atoms with Gasteiger partial charge in [-0.3, -0.25) is 9.59 Å². The van der Waals surface area contributed by atoms with Gasteiger partial charge in [0.25, 0.3) is 11.7 Å². The fourth-order valence-electron chi connectivity index (χ4n) is 2.23. The van der Waals surface area contributed by atoms with Crippen LogP contribution >= 0.6 is 11.8 Å². The van der Waals surface area contributed by atoms with E-state index in [1.165, 1.54) is 6.07 Å². The van der Waals surface area contributed by atoms with E-state index in [1.54, 1.807) is 48.5 Å². The highest BCUT2D eigenvalue weighted by Crippen LogP contribution is 2.31. The number of nitrogens with one attached hydrogen (secondary N) is 3. The van der Waals surface area contributed by atoms with Crippen molar-refractivity contribution in [3.63, 3.8) is 0 Å². The van der Waals surface area contributed by atoms with Gasteiger partial charge in [-0.25, -0.2) is 0 Å². The molecule has 0 aromatic heterocycles. The zero-order valence-electron chi connectivity index (χ0n) is 14.4. The molecule has 0 aliphatic heterocycles. The molecule has 0 heterocycles. The molecule has 0 bridgehead atoms. The van der Waals surface area contributed by atoms with E-state index in [1.807, 2.05) is 0 Å². The molecule has 142 valence electrons. The summed E-state index contributed by atoms with van der Waals surface area (Å²) in [5, 5.41) is 8.17. The predicted octanol–water partition coefficient (Wildman–Crippen LogP) is 3.97. The SMILES string of the molecule is C=CCNC(=O)c1ccccc1NCC(=O)Nc1ccccc1SC(F)F. The molecule has 27 heavy (non-hydrogen) atoms. The Morgan fingerprint density at radius 3 is 2.44 bits per heavy atom. The maximum Gasteiger partial charge on any atom is 0.288 e. The van der Waals surface area contributed by atoms with E-state index in [-0.39, 0.29) is 17.3 Å². The van der Waals surface area contributed by atoms with Gasteiger partial charge in [0.05, 0.1) is 17.8 Å². The van der Waals surface area contributed by atoms with Crippen molar-refractivity contribution in [2.75, 3.05) is 23.7 Å². The van der Waals surface area contributed by atoms with Gasteiger partial charge in [0.2, 0.25) is 5.91 Å². The van der Waals surface area contributed by atoms with Gasteiger partial charge in [-0.2, -0.15) is 8.78 Å². The summed E-state index contributed by atoms with van der Waals surface area (Å²) in [6, 6.07) is 13.1. The number of halogens is 2. The lowest BCUT2D eigenvalue weighted by molar-refractivity contribution is -0.114. The number of hydrogen-bond donors (Lipinski definition) is 3.